The predicted octanol–water partition coefficient (Wildman–Crippen LogP) is 4.88. The Hall–Kier alpha value is -3.18. The summed E-state index contributed by atoms with van der Waals surface area (Å²) in [7, 11) is 0. The van der Waals surface area contributed by atoms with Gasteiger partial charge in [-0.3, -0.25) is 14.4 Å². The molecule has 0 radical (unpaired) electrons. The molecule has 0 amide bonds. The molecule has 1 heterocycles. The Bertz CT molecular complexity index is 996. The Morgan fingerprint density at radius 2 is 0.667 bits per heavy atom. The van der Waals surface area contributed by atoms with Gasteiger partial charge in [-0.15, -0.1) is 0 Å². The molecule has 0 saturated carbocycles. The number of ether oxygens (including phenoxy) is 3. The molecule has 12 nitrogen and oxygen atoms in total. The Morgan fingerprint density at radius 1 is 0.422 bits per heavy atom. The van der Waals surface area contributed by atoms with Crippen LogP contribution in [0, 0.1) is 0 Å². The minimum atomic E-state index is -0.935. The van der Waals surface area contributed by atoms with Crippen molar-refractivity contribution in [2.45, 2.75) is 156 Å². The molecule has 1 aromatic heterocycles. The van der Waals surface area contributed by atoms with Crippen LogP contribution in [0.4, 0.5) is 0 Å². The molecule has 1 aromatic rings. The van der Waals surface area contributed by atoms with E-state index in [1.54, 1.807) is 0 Å². The zero-order valence-corrected chi connectivity index (χ0v) is 28.0. The second-order valence-corrected chi connectivity index (χ2v) is 11.5. The van der Waals surface area contributed by atoms with Crippen LogP contribution in [-0.2, 0) is 48.2 Å². The van der Waals surface area contributed by atoms with Crippen LogP contribution in [-0.4, -0.2) is 51.4 Å². The fourth-order valence-electron chi connectivity index (χ4n) is 4.76. The van der Waals surface area contributed by atoms with Gasteiger partial charge in [-0.25, -0.2) is 28.1 Å². The van der Waals surface area contributed by atoms with E-state index in [1.165, 1.54) is 0 Å². The summed E-state index contributed by atoms with van der Waals surface area (Å²) in [6.45, 7) is 6.18. The maximum Gasteiger partial charge on any atom is 0.336 e. The first-order chi connectivity index (χ1) is 21.8. The van der Waals surface area contributed by atoms with Crippen molar-refractivity contribution in [1.29, 1.82) is 0 Å². The zero-order chi connectivity index (χ0) is 33.3. The molecular weight excluding hydrogens is 582 g/mol. The lowest BCUT2D eigenvalue weighted by atomic mass is 10.2. The van der Waals surface area contributed by atoms with Crippen molar-refractivity contribution >= 4 is 17.9 Å². The smallest absolute Gasteiger partial charge is 0.336 e. The van der Waals surface area contributed by atoms with Crippen LogP contribution in [0.3, 0.4) is 0 Å². The first kappa shape index (κ1) is 39.8. The van der Waals surface area contributed by atoms with Gasteiger partial charge < -0.3 is 14.2 Å². The lowest BCUT2D eigenvalue weighted by Gasteiger charge is -2.14. The molecule has 12 heteroatoms. The van der Waals surface area contributed by atoms with Crippen LogP contribution in [0.5, 0.6) is 0 Å². The van der Waals surface area contributed by atoms with Gasteiger partial charge in [0.05, 0.1) is 39.1 Å². The summed E-state index contributed by atoms with van der Waals surface area (Å²) in [4.78, 5) is 76.6. The summed E-state index contributed by atoms with van der Waals surface area (Å²) in [6.07, 6.45) is 14.1. The molecule has 45 heavy (non-hydrogen) atoms. The van der Waals surface area contributed by atoms with E-state index in [9.17, 15) is 28.8 Å². The van der Waals surface area contributed by atoms with E-state index in [2.05, 4.69) is 20.8 Å². The van der Waals surface area contributed by atoms with E-state index in [0.29, 0.717) is 0 Å². The second kappa shape index (κ2) is 25.1. The molecule has 1 rings (SSSR count). The minimum Gasteiger partial charge on any atom is -0.466 e. The van der Waals surface area contributed by atoms with Crippen molar-refractivity contribution < 1.29 is 28.6 Å². The van der Waals surface area contributed by atoms with Gasteiger partial charge in [-0.1, -0.05) is 97.8 Å². The van der Waals surface area contributed by atoms with Crippen molar-refractivity contribution in [2.75, 3.05) is 19.8 Å². The number of aromatic nitrogens is 3. The Labute approximate surface area is 267 Å². The molecule has 0 fully saturated rings. The second-order valence-electron chi connectivity index (χ2n) is 11.5. The molecule has 0 aliphatic heterocycles. The van der Waals surface area contributed by atoms with Crippen molar-refractivity contribution in [2.24, 2.45) is 0 Å². The van der Waals surface area contributed by atoms with Crippen molar-refractivity contribution in [3.05, 3.63) is 31.5 Å². The third kappa shape index (κ3) is 17.2. The standard InChI is InChI=1S/C33H57N3O9/c1-4-7-10-13-16-25-43-28(37)19-22-34-31(40)35(23-20-29(38)44-26-17-14-11-8-5-2)33(42)36(32(34)41)24-21-30(39)45-27-18-15-12-9-6-3/h4-27H2,1-3H3. The average molecular weight is 640 g/mol. The summed E-state index contributed by atoms with van der Waals surface area (Å²) in [5, 5.41) is 0. The molecular formula is C33H57N3O9. The molecule has 0 atom stereocenters. The molecule has 258 valence electrons. The largest absolute Gasteiger partial charge is 0.466 e. The predicted molar refractivity (Wildman–Crippen MR) is 172 cm³/mol. The fraction of sp³-hybridized carbons (Fsp3) is 0.818. The highest BCUT2D eigenvalue weighted by molar-refractivity contribution is 5.70. The van der Waals surface area contributed by atoms with Gasteiger partial charge in [0.15, 0.2) is 0 Å². The monoisotopic (exact) mass is 639 g/mol. The Morgan fingerprint density at radius 3 is 0.911 bits per heavy atom. The van der Waals surface area contributed by atoms with E-state index in [4.69, 9.17) is 14.2 Å². The lowest BCUT2D eigenvalue weighted by Crippen LogP contribution is -2.55. The fourth-order valence-corrected chi connectivity index (χ4v) is 4.76. The number of esters is 3. The Balaban J connectivity index is 2.93. The van der Waals surface area contributed by atoms with E-state index in [-0.39, 0.29) is 58.7 Å². The van der Waals surface area contributed by atoms with Crippen LogP contribution >= 0.6 is 0 Å². The topological polar surface area (TPSA) is 145 Å². The molecule has 0 N–H and O–H groups in total. The maximum absolute atomic E-state index is 13.2. The molecule has 0 aliphatic rings. The quantitative estimate of drug-likeness (QED) is 0.0747. The number of unbranched alkanes of at least 4 members (excludes halogenated alkanes) is 12. The zero-order valence-electron chi connectivity index (χ0n) is 28.0. The third-order valence-corrected chi connectivity index (χ3v) is 7.54. The van der Waals surface area contributed by atoms with Gasteiger partial charge in [0.25, 0.3) is 0 Å². The molecule has 0 unspecified atom stereocenters. The Kier molecular flexibility index (Phi) is 22.2. The van der Waals surface area contributed by atoms with Gasteiger partial charge in [0.2, 0.25) is 0 Å². The number of carbonyl (C=O) groups is 3. The summed E-state index contributed by atoms with van der Waals surface area (Å²) in [6, 6.07) is 0. The van der Waals surface area contributed by atoms with Gasteiger partial charge >= 0.3 is 35.0 Å². The maximum atomic E-state index is 13.2. The van der Waals surface area contributed by atoms with Crippen molar-refractivity contribution in [3.8, 4) is 0 Å². The number of nitrogens with zero attached hydrogens (tertiary/aromatic N) is 3. The summed E-state index contributed by atoms with van der Waals surface area (Å²) < 4.78 is 18.1. The van der Waals surface area contributed by atoms with E-state index in [0.717, 1.165) is 110 Å². The number of hydrogen-bond donors (Lipinski definition) is 0. The van der Waals surface area contributed by atoms with Crippen LogP contribution < -0.4 is 17.1 Å². The summed E-state index contributed by atoms with van der Waals surface area (Å²) in [5.41, 5.74) is -2.80. The number of hydrogen-bond acceptors (Lipinski definition) is 9. The van der Waals surface area contributed by atoms with Crippen LogP contribution in [0.15, 0.2) is 14.4 Å². The molecule has 0 aliphatic carbocycles. The van der Waals surface area contributed by atoms with Gasteiger partial charge in [0, 0.05) is 19.6 Å². The lowest BCUT2D eigenvalue weighted by molar-refractivity contribution is -0.144. The van der Waals surface area contributed by atoms with Crippen LogP contribution in [0.2, 0.25) is 0 Å². The van der Waals surface area contributed by atoms with Crippen LogP contribution in [0.1, 0.15) is 136 Å². The summed E-state index contributed by atoms with van der Waals surface area (Å²) in [5.74, 6) is -1.69. The molecule has 0 aromatic carbocycles. The highest BCUT2D eigenvalue weighted by Crippen LogP contribution is 2.05. The summed E-state index contributed by atoms with van der Waals surface area (Å²) >= 11 is 0. The van der Waals surface area contributed by atoms with E-state index in [1.807, 2.05) is 0 Å². The van der Waals surface area contributed by atoms with E-state index >= 15 is 0 Å². The van der Waals surface area contributed by atoms with Crippen LogP contribution in [0.25, 0.3) is 0 Å². The SMILES string of the molecule is CCCCCCCOC(=O)CCn1c(=O)n(CCC(=O)OCCCCCCC)c(=O)n(CCC(=O)OCCCCCCC)c1=O. The minimum absolute atomic E-state index is 0.248. The van der Waals surface area contributed by atoms with E-state index < -0.39 is 35.0 Å². The third-order valence-electron chi connectivity index (χ3n) is 7.54. The highest BCUT2D eigenvalue weighted by Gasteiger charge is 2.19. The normalized spacial score (nSPS) is 11.0. The first-order valence-electron chi connectivity index (χ1n) is 17.2. The van der Waals surface area contributed by atoms with Crippen molar-refractivity contribution in [1.82, 2.24) is 13.7 Å². The number of carbonyl (C=O) groups excluding carboxylic acids is 3. The van der Waals surface area contributed by atoms with Crippen molar-refractivity contribution in [3.63, 3.8) is 0 Å². The van der Waals surface area contributed by atoms with Gasteiger partial charge in [-0.2, -0.15) is 0 Å². The first-order valence-corrected chi connectivity index (χ1v) is 17.2. The van der Waals surface area contributed by atoms with Gasteiger partial charge in [0.1, 0.15) is 0 Å². The molecule has 0 saturated heterocycles. The van der Waals surface area contributed by atoms with Gasteiger partial charge in [-0.05, 0) is 19.3 Å². The molecule has 0 spiro atoms. The average Bonchev–Trinajstić information content (AvgIpc) is 3.02. The highest BCUT2D eigenvalue weighted by atomic mass is 16.5. The number of rotatable bonds is 27. The molecule has 0 bridgehead atoms.